The Morgan fingerprint density at radius 2 is 1.33 bits per heavy atom. The van der Waals surface area contributed by atoms with Crippen molar-refractivity contribution in [3.05, 3.63) is 113 Å². The van der Waals surface area contributed by atoms with Crippen LogP contribution in [0.5, 0.6) is 0 Å². The van der Waals surface area contributed by atoms with Crippen molar-refractivity contribution in [1.29, 1.82) is 0 Å². The summed E-state index contributed by atoms with van der Waals surface area (Å²) in [6, 6.07) is 24.8. The van der Waals surface area contributed by atoms with Crippen LogP contribution in [0.1, 0.15) is 16.7 Å². The first-order valence-electron chi connectivity index (χ1n) is 9.70. The monoisotopic (exact) mass is 400 g/mol. The lowest BCUT2D eigenvalue weighted by Crippen LogP contribution is -2.33. The Bertz CT molecular complexity index is 1090. The summed E-state index contributed by atoms with van der Waals surface area (Å²) < 4.78 is 13.5. The molecule has 30 heavy (non-hydrogen) atoms. The van der Waals surface area contributed by atoms with E-state index in [0.717, 1.165) is 11.1 Å². The number of nitrogens with zero attached hydrogens (tertiary/aromatic N) is 2. The molecular formula is C25H21FN2O2. The van der Waals surface area contributed by atoms with Crippen molar-refractivity contribution >= 4 is 17.4 Å². The minimum atomic E-state index is -0.392. The number of imide groups is 1. The van der Waals surface area contributed by atoms with Crippen LogP contribution in [0.4, 0.5) is 4.39 Å². The molecule has 0 N–H and O–H groups in total. The third-order valence-electron chi connectivity index (χ3n) is 5.10. The zero-order valence-corrected chi connectivity index (χ0v) is 16.6. The average molecular weight is 400 g/mol. The predicted octanol–water partition coefficient (Wildman–Crippen LogP) is 4.24. The first kappa shape index (κ1) is 19.6. The highest BCUT2D eigenvalue weighted by Gasteiger charge is 2.40. The van der Waals surface area contributed by atoms with Crippen LogP contribution in [0.3, 0.4) is 0 Å². The molecule has 4 rings (SSSR count). The third kappa shape index (κ3) is 3.87. The highest BCUT2D eigenvalue weighted by Crippen LogP contribution is 2.32. The number of benzene rings is 3. The summed E-state index contributed by atoms with van der Waals surface area (Å²) >= 11 is 0. The Kier molecular flexibility index (Phi) is 5.44. The van der Waals surface area contributed by atoms with Gasteiger partial charge in [-0.2, -0.15) is 0 Å². The number of rotatable bonds is 6. The highest BCUT2D eigenvalue weighted by atomic mass is 19.1. The van der Waals surface area contributed by atoms with Gasteiger partial charge in [-0.25, -0.2) is 4.39 Å². The Morgan fingerprint density at radius 1 is 0.767 bits per heavy atom. The SMILES string of the molecule is CN(Cc1ccccc1)C1=C(c2ccc(F)cc2)C(=O)N(Cc2ccccc2)C1=O. The van der Waals surface area contributed by atoms with Gasteiger partial charge < -0.3 is 4.90 Å². The Labute approximate surface area is 174 Å². The number of amides is 2. The number of carbonyl (C=O) groups is 2. The first-order chi connectivity index (χ1) is 14.5. The van der Waals surface area contributed by atoms with Crippen LogP contribution in [0, 0.1) is 5.82 Å². The van der Waals surface area contributed by atoms with E-state index in [0.29, 0.717) is 23.4 Å². The molecule has 5 heteroatoms. The summed E-state index contributed by atoms with van der Waals surface area (Å²) in [6.07, 6.45) is 0. The van der Waals surface area contributed by atoms with Crippen LogP contribution >= 0.6 is 0 Å². The van der Waals surface area contributed by atoms with Crippen molar-refractivity contribution in [2.75, 3.05) is 7.05 Å². The summed E-state index contributed by atoms with van der Waals surface area (Å²) in [5, 5.41) is 0. The van der Waals surface area contributed by atoms with Crippen LogP contribution in [0.25, 0.3) is 5.57 Å². The smallest absolute Gasteiger partial charge is 0.278 e. The molecule has 3 aromatic carbocycles. The largest absolute Gasteiger partial charge is 0.365 e. The van der Waals surface area contributed by atoms with E-state index in [2.05, 4.69) is 0 Å². The van der Waals surface area contributed by atoms with E-state index >= 15 is 0 Å². The van der Waals surface area contributed by atoms with Gasteiger partial charge in [-0.15, -0.1) is 0 Å². The predicted molar refractivity (Wildman–Crippen MR) is 113 cm³/mol. The van der Waals surface area contributed by atoms with Crippen molar-refractivity contribution in [2.45, 2.75) is 13.1 Å². The van der Waals surface area contributed by atoms with Gasteiger partial charge in [0.05, 0.1) is 12.1 Å². The van der Waals surface area contributed by atoms with Gasteiger partial charge in [0, 0.05) is 13.6 Å². The van der Waals surface area contributed by atoms with Crippen molar-refractivity contribution in [3.8, 4) is 0 Å². The summed E-state index contributed by atoms with van der Waals surface area (Å²) in [5.74, 6) is -1.11. The molecule has 2 amide bonds. The van der Waals surface area contributed by atoms with Crippen LogP contribution in [-0.4, -0.2) is 28.7 Å². The molecular weight excluding hydrogens is 379 g/mol. The molecule has 3 aromatic rings. The van der Waals surface area contributed by atoms with Crippen molar-refractivity contribution in [1.82, 2.24) is 9.80 Å². The fourth-order valence-corrected chi connectivity index (χ4v) is 3.64. The number of likely N-dealkylation sites (N-methyl/N-ethyl adjacent to an activating group) is 1. The molecule has 1 aliphatic rings. The molecule has 0 spiro atoms. The Hall–Kier alpha value is -3.73. The number of carbonyl (C=O) groups excluding carboxylic acids is 2. The van der Waals surface area contributed by atoms with E-state index in [1.54, 1.807) is 11.9 Å². The minimum Gasteiger partial charge on any atom is -0.365 e. The molecule has 0 aromatic heterocycles. The molecule has 0 fully saturated rings. The molecule has 0 atom stereocenters. The lowest BCUT2D eigenvalue weighted by Gasteiger charge is -2.21. The topological polar surface area (TPSA) is 40.6 Å². The van der Waals surface area contributed by atoms with Crippen molar-refractivity contribution in [3.63, 3.8) is 0 Å². The quantitative estimate of drug-likeness (QED) is 0.581. The van der Waals surface area contributed by atoms with Crippen LogP contribution in [-0.2, 0) is 22.7 Å². The molecule has 0 radical (unpaired) electrons. The number of hydrogen-bond donors (Lipinski definition) is 0. The second kappa shape index (κ2) is 8.33. The van der Waals surface area contributed by atoms with E-state index in [-0.39, 0.29) is 18.4 Å². The maximum absolute atomic E-state index is 13.5. The van der Waals surface area contributed by atoms with Gasteiger partial charge in [-0.1, -0.05) is 72.8 Å². The lowest BCUT2D eigenvalue weighted by atomic mass is 10.0. The van der Waals surface area contributed by atoms with Gasteiger partial charge in [-0.05, 0) is 28.8 Å². The zero-order chi connectivity index (χ0) is 21.1. The van der Waals surface area contributed by atoms with Crippen molar-refractivity contribution in [2.24, 2.45) is 0 Å². The summed E-state index contributed by atoms with van der Waals surface area (Å²) in [7, 11) is 1.79. The first-order valence-corrected chi connectivity index (χ1v) is 9.70. The molecule has 1 heterocycles. The third-order valence-corrected chi connectivity index (χ3v) is 5.10. The second-order valence-corrected chi connectivity index (χ2v) is 7.25. The zero-order valence-electron chi connectivity index (χ0n) is 16.6. The maximum atomic E-state index is 13.5. The summed E-state index contributed by atoms with van der Waals surface area (Å²) in [5.41, 5.74) is 3.04. The molecule has 0 saturated heterocycles. The van der Waals surface area contributed by atoms with Gasteiger partial charge in [0.1, 0.15) is 11.5 Å². The van der Waals surface area contributed by atoms with Gasteiger partial charge in [0.25, 0.3) is 11.8 Å². The van der Waals surface area contributed by atoms with E-state index < -0.39 is 5.82 Å². The van der Waals surface area contributed by atoms with Crippen molar-refractivity contribution < 1.29 is 14.0 Å². The van der Waals surface area contributed by atoms with Crippen LogP contribution in [0.15, 0.2) is 90.6 Å². The normalized spacial score (nSPS) is 13.9. The van der Waals surface area contributed by atoms with Gasteiger partial charge in [0.2, 0.25) is 0 Å². The summed E-state index contributed by atoms with van der Waals surface area (Å²) in [6.45, 7) is 0.658. The number of hydrogen-bond acceptors (Lipinski definition) is 3. The van der Waals surface area contributed by atoms with Crippen LogP contribution in [0.2, 0.25) is 0 Å². The van der Waals surface area contributed by atoms with Gasteiger partial charge in [-0.3, -0.25) is 14.5 Å². The number of halogens is 1. The Balaban J connectivity index is 1.72. The van der Waals surface area contributed by atoms with E-state index in [4.69, 9.17) is 0 Å². The maximum Gasteiger partial charge on any atom is 0.278 e. The van der Waals surface area contributed by atoms with Gasteiger partial charge in [0.15, 0.2) is 0 Å². The standard InChI is InChI=1S/C25H21FN2O2/c1-27(16-18-8-4-2-5-9-18)23-22(20-12-14-21(26)15-13-20)24(29)28(25(23)30)17-19-10-6-3-7-11-19/h2-15H,16-17H2,1H3. The van der Waals surface area contributed by atoms with E-state index in [9.17, 15) is 14.0 Å². The molecule has 0 unspecified atom stereocenters. The fraction of sp³-hybridized carbons (Fsp3) is 0.120. The molecule has 0 saturated carbocycles. The molecule has 150 valence electrons. The lowest BCUT2D eigenvalue weighted by molar-refractivity contribution is -0.138. The Morgan fingerprint density at radius 3 is 1.93 bits per heavy atom. The average Bonchev–Trinajstić information content (AvgIpc) is 3.00. The second-order valence-electron chi connectivity index (χ2n) is 7.25. The minimum absolute atomic E-state index is 0.186. The summed E-state index contributed by atoms with van der Waals surface area (Å²) in [4.78, 5) is 29.7. The molecule has 4 nitrogen and oxygen atoms in total. The van der Waals surface area contributed by atoms with Gasteiger partial charge >= 0.3 is 0 Å². The fourth-order valence-electron chi connectivity index (χ4n) is 3.64. The van der Waals surface area contributed by atoms with E-state index in [1.165, 1.54) is 29.2 Å². The molecule has 1 aliphatic heterocycles. The highest BCUT2D eigenvalue weighted by molar-refractivity contribution is 6.35. The molecule has 0 aliphatic carbocycles. The van der Waals surface area contributed by atoms with E-state index in [1.807, 2.05) is 60.7 Å². The van der Waals surface area contributed by atoms with Crippen LogP contribution < -0.4 is 0 Å². The molecule has 0 bridgehead atoms.